The summed E-state index contributed by atoms with van der Waals surface area (Å²) in [5.41, 5.74) is 3.52. The van der Waals surface area contributed by atoms with Gasteiger partial charge >= 0.3 is 0 Å². The number of hydrogen-bond acceptors (Lipinski definition) is 4. The number of nitrogens with one attached hydrogen (secondary N) is 1. The molecule has 3 aromatic rings. The van der Waals surface area contributed by atoms with Crippen molar-refractivity contribution in [2.45, 2.75) is 25.7 Å². The van der Waals surface area contributed by atoms with Gasteiger partial charge in [-0.25, -0.2) is 8.42 Å². The van der Waals surface area contributed by atoms with Crippen LogP contribution in [0.4, 0.5) is 5.69 Å². The van der Waals surface area contributed by atoms with E-state index in [4.69, 9.17) is 4.42 Å². The average Bonchev–Trinajstić information content (AvgIpc) is 3.10. The lowest BCUT2D eigenvalue weighted by Crippen LogP contribution is -2.13. The van der Waals surface area contributed by atoms with E-state index in [1.807, 2.05) is 32.0 Å². The monoisotopic (exact) mass is 347 g/mol. The first-order chi connectivity index (χ1) is 10.8. The number of rotatable bonds is 4. The van der Waals surface area contributed by atoms with Gasteiger partial charge < -0.3 is 4.42 Å². The van der Waals surface area contributed by atoms with Gasteiger partial charge in [0.2, 0.25) is 0 Å². The zero-order valence-electron chi connectivity index (χ0n) is 13.1. The second-order valence-electron chi connectivity index (χ2n) is 5.47. The molecule has 23 heavy (non-hydrogen) atoms. The van der Waals surface area contributed by atoms with Gasteiger partial charge in [-0.15, -0.1) is 11.3 Å². The number of benzene rings is 1. The lowest BCUT2D eigenvalue weighted by Gasteiger charge is -2.11. The lowest BCUT2D eigenvalue weighted by atomic mass is 10.1. The third-order valence-corrected chi connectivity index (χ3v) is 5.75. The van der Waals surface area contributed by atoms with E-state index < -0.39 is 10.0 Å². The average molecular weight is 347 g/mol. The summed E-state index contributed by atoms with van der Waals surface area (Å²) in [7, 11) is -3.65. The fraction of sp³-hybridized carbons (Fsp3) is 0.176. The Hall–Kier alpha value is -2.05. The Morgan fingerprint density at radius 2 is 1.83 bits per heavy atom. The van der Waals surface area contributed by atoms with Gasteiger partial charge in [0.15, 0.2) is 0 Å². The molecule has 0 amide bonds. The lowest BCUT2D eigenvalue weighted by molar-refractivity contribution is 0.528. The van der Waals surface area contributed by atoms with E-state index in [-0.39, 0.29) is 4.90 Å². The molecule has 0 radical (unpaired) electrons. The van der Waals surface area contributed by atoms with Crippen molar-refractivity contribution in [1.82, 2.24) is 0 Å². The third kappa shape index (κ3) is 3.33. The summed E-state index contributed by atoms with van der Waals surface area (Å²) in [5.74, 6) is 0.560. The molecule has 0 saturated carbocycles. The van der Waals surface area contributed by atoms with Crippen LogP contribution in [0.5, 0.6) is 0 Å². The second-order valence-corrected chi connectivity index (χ2v) is 8.27. The van der Waals surface area contributed by atoms with Crippen molar-refractivity contribution in [3.8, 4) is 11.1 Å². The molecule has 2 heterocycles. The van der Waals surface area contributed by atoms with Gasteiger partial charge in [0.05, 0.1) is 5.69 Å². The van der Waals surface area contributed by atoms with E-state index >= 15 is 0 Å². The van der Waals surface area contributed by atoms with Crippen molar-refractivity contribution in [3.63, 3.8) is 0 Å². The zero-order valence-corrected chi connectivity index (χ0v) is 14.7. The van der Waals surface area contributed by atoms with Crippen molar-refractivity contribution in [2.24, 2.45) is 0 Å². The minimum Gasteiger partial charge on any atom is -0.468 e. The van der Waals surface area contributed by atoms with E-state index in [1.165, 1.54) is 17.2 Å². The largest absolute Gasteiger partial charge is 0.468 e. The Balaban J connectivity index is 1.96. The third-order valence-electron chi connectivity index (χ3n) is 3.56. The molecular formula is C17H17NO3S2. The molecular weight excluding hydrogens is 330 g/mol. The van der Waals surface area contributed by atoms with Crippen LogP contribution < -0.4 is 4.72 Å². The molecule has 120 valence electrons. The molecule has 0 spiro atoms. The number of aryl methyl sites for hydroxylation is 3. The number of sulfonamides is 1. The highest BCUT2D eigenvalue weighted by Crippen LogP contribution is 2.30. The van der Waals surface area contributed by atoms with Crippen molar-refractivity contribution in [1.29, 1.82) is 0 Å². The predicted octanol–water partition coefficient (Wildman–Crippen LogP) is 4.73. The molecule has 0 aliphatic carbocycles. The normalized spacial score (nSPS) is 11.6. The Morgan fingerprint density at radius 1 is 1.04 bits per heavy atom. The molecule has 0 fully saturated rings. The first-order valence-electron chi connectivity index (χ1n) is 7.09. The minimum atomic E-state index is -3.65. The van der Waals surface area contributed by atoms with Crippen LogP contribution >= 0.6 is 11.3 Å². The van der Waals surface area contributed by atoms with E-state index in [2.05, 4.69) is 16.2 Å². The quantitative estimate of drug-likeness (QED) is 0.742. The molecule has 0 atom stereocenters. The molecule has 0 saturated heterocycles. The molecule has 0 aliphatic rings. The van der Waals surface area contributed by atoms with Crippen molar-refractivity contribution >= 4 is 27.0 Å². The Morgan fingerprint density at radius 3 is 2.43 bits per heavy atom. The van der Waals surface area contributed by atoms with Crippen LogP contribution in [0.3, 0.4) is 0 Å². The van der Waals surface area contributed by atoms with Gasteiger partial charge in [0, 0.05) is 4.88 Å². The van der Waals surface area contributed by atoms with Crippen LogP contribution in [-0.4, -0.2) is 8.42 Å². The molecule has 0 aliphatic heterocycles. The van der Waals surface area contributed by atoms with Crippen molar-refractivity contribution in [3.05, 3.63) is 58.2 Å². The molecule has 6 heteroatoms. The molecule has 1 N–H and O–H groups in total. The first-order valence-corrected chi connectivity index (χ1v) is 9.45. The highest BCUT2D eigenvalue weighted by atomic mass is 32.2. The highest BCUT2D eigenvalue weighted by molar-refractivity contribution is 7.92. The Kier molecular flexibility index (Phi) is 4.04. The Labute approximate surface area is 139 Å². The molecule has 2 aromatic heterocycles. The fourth-order valence-electron chi connectivity index (χ4n) is 2.27. The maximum atomic E-state index is 12.5. The maximum Gasteiger partial charge on any atom is 0.265 e. The second kappa shape index (κ2) is 5.86. The van der Waals surface area contributed by atoms with Crippen molar-refractivity contribution in [2.75, 3.05) is 4.72 Å². The van der Waals surface area contributed by atoms with E-state index in [1.54, 1.807) is 18.3 Å². The van der Waals surface area contributed by atoms with Gasteiger partial charge in [-0.2, -0.15) is 0 Å². The van der Waals surface area contributed by atoms with Gasteiger partial charge in [-0.3, -0.25) is 4.72 Å². The molecule has 0 unspecified atom stereocenters. The SMILES string of the molecule is Cc1cc(S(=O)(=O)Nc2cc(-c3csc(C)c3)ccc2C)co1. The standard InChI is InChI=1S/C17H17NO3S2/c1-11-4-5-14(15-7-13(3)22-10-15)8-17(11)18-23(19,20)16-6-12(2)21-9-16/h4-10,18H,1-3H3. The van der Waals surface area contributed by atoms with Crippen LogP contribution in [0, 0.1) is 20.8 Å². The first kappa shape index (κ1) is 15.8. The van der Waals surface area contributed by atoms with E-state index in [0.29, 0.717) is 11.4 Å². The number of anilines is 1. The predicted molar refractivity (Wildman–Crippen MR) is 93.5 cm³/mol. The van der Waals surface area contributed by atoms with Gasteiger partial charge in [0.1, 0.15) is 16.9 Å². The van der Waals surface area contributed by atoms with Crippen molar-refractivity contribution < 1.29 is 12.8 Å². The maximum absolute atomic E-state index is 12.5. The summed E-state index contributed by atoms with van der Waals surface area (Å²) >= 11 is 1.67. The summed E-state index contributed by atoms with van der Waals surface area (Å²) in [4.78, 5) is 1.35. The topological polar surface area (TPSA) is 59.3 Å². The summed E-state index contributed by atoms with van der Waals surface area (Å²) in [6.45, 7) is 5.64. The van der Waals surface area contributed by atoms with Gasteiger partial charge in [0.25, 0.3) is 10.0 Å². The van der Waals surface area contributed by atoms with E-state index in [9.17, 15) is 8.42 Å². The minimum absolute atomic E-state index is 0.131. The Bertz CT molecular complexity index is 952. The molecule has 0 bridgehead atoms. The summed E-state index contributed by atoms with van der Waals surface area (Å²) in [6.07, 6.45) is 1.25. The van der Waals surface area contributed by atoms with E-state index in [0.717, 1.165) is 16.7 Å². The van der Waals surface area contributed by atoms with Gasteiger partial charge in [-0.05, 0) is 61.0 Å². The molecule has 3 rings (SSSR count). The number of hydrogen-bond donors (Lipinski definition) is 1. The molecule has 1 aromatic carbocycles. The summed E-state index contributed by atoms with van der Waals surface area (Å²) in [6, 6.07) is 9.37. The van der Waals surface area contributed by atoms with Crippen LogP contribution in [-0.2, 0) is 10.0 Å². The number of furan rings is 1. The smallest absolute Gasteiger partial charge is 0.265 e. The van der Waals surface area contributed by atoms with Crippen LogP contribution in [0.1, 0.15) is 16.2 Å². The number of thiophene rings is 1. The van der Waals surface area contributed by atoms with Crippen LogP contribution in [0.2, 0.25) is 0 Å². The highest BCUT2D eigenvalue weighted by Gasteiger charge is 2.18. The van der Waals surface area contributed by atoms with Crippen LogP contribution in [0.25, 0.3) is 11.1 Å². The van der Waals surface area contributed by atoms with Crippen LogP contribution in [0.15, 0.2) is 51.3 Å². The summed E-state index contributed by atoms with van der Waals surface area (Å²) < 4.78 is 32.6. The zero-order chi connectivity index (χ0) is 16.6. The molecule has 4 nitrogen and oxygen atoms in total. The fourth-order valence-corrected chi connectivity index (χ4v) is 4.11. The summed E-state index contributed by atoms with van der Waals surface area (Å²) in [5, 5.41) is 2.07. The van der Waals surface area contributed by atoms with Gasteiger partial charge in [-0.1, -0.05) is 12.1 Å².